The van der Waals surface area contributed by atoms with Crippen LogP contribution < -0.4 is 10.1 Å². The molecule has 1 N–H and O–H groups in total. The van der Waals surface area contributed by atoms with Crippen LogP contribution >= 0.6 is 0 Å². The van der Waals surface area contributed by atoms with Gasteiger partial charge in [0.25, 0.3) is 0 Å². The van der Waals surface area contributed by atoms with Crippen LogP contribution in [0, 0.1) is 0 Å². The Labute approximate surface area is 175 Å². The quantitative estimate of drug-likeness (QED) is 0.502. The summed E-state index contributed by atoms with van der Waals surface area (Å²) in [4.78, 5) is 9.33. The summed E-state index contributed by atoms with van der Waals surface area (Å²) in [5.74, 6) is 0.856. The fourth-order valence-corrected chi connectivity index (χ4v) is 3.56. The molecule has 0 aliphatic rings. The first-order valence-electron chi connectivity index (χ1n) is 10.1. The third-order valence-corrected chi connectivity index (χ3v) is 4.94. The molecule has 4 aromatic heterocycles. The molecule has 0 fully saturated rings. The lowest BCUT2D eigenvalue weighted by Gasteiger charge is -2.13. The molecule has 0 spiro atoms. The van der Waals surface area contributed by atoms with Gasteiger partial charge in [-0.3, -0.25) is 9.36 Å². The molecule has 8 nitrogen and oxygen atoms in total. The third kappa shape index (κ3) is 3.72. The van der Waals surface area contributed by atoms with Gasteiger partial charge in [-0.25, -0.2) is 9.97 Å². The van der Waals surface area contributed by atoms with Gasteiger partial charge in [0, 0.05) is 44.3 Å². The zero-order valence-corrected chi connectivity index (χ0v) is 18.0. The van der Waals surface area contributed by atoms with Gasteiger partial charge < -0.3 is 10.1 Å². The summed E-state index contributed by atoms with van der Waals surface area (Å²) >= 11 is 0. The van der Waals surface area contributed by atoms with Gasteiger partial charge in [-0.05, 0) is 31.0 Å². The lowest BCUT2D eigenvalue weighted by atomic mass is 10.0. The summed E-state index contributed by atoms with van der Waals surface area (Å²) < 4.78 is 9.40. The third-order valence-electron chi connectivity index (χ3n) is 4.94. The molecule has 0 atom stereocenters. The van der Waals surface area contributed by atoms with Gasteiger partial charge in [0.15, 0.2) is 5.65 Å². The van der Waals surface area contributed by atoms with Crippen LogP contribution in [0.2, 0.25) is 0 Å². The van der Waals surface area contributed by atoms with Crippen molar-refractivity contribution in [2.24, 2.45) is 14.1 Å². The van der Waals surface area contributed by atoms with Crippen LogP contribution in [-0.4, -0.2) is 36.1 Å². The van der Waals surface area contributed by atoms with Gasteiger partial charge in [0.05, 0.1) is 35.1 Å². The number of nitrogens with zero attached hydrogens (tertiary/aromatic N) is 6. The average Bonchev–Trinajstić information content (AvgIpc) is 3.30. The van der Waals surface area contributed by atoms with E-state index >= 15 is 0 Å². The van der Waals surface area contributed by atoms with Crippen LogP contribution in [-0.2, 0) is 20.6 Å². The van der Waals surface area contributed by atoms with Gasteiger partial charge in [-0.15, -0.1) is 0 Å². The number of aromatic nitrogens is 6. The maximum absolute atomic E-state index is 5.74. The number of pyridine rings is 2. The normalized spacial score (nSPS) is 11.4. The second-order valence-electron chi connectivity index (χ2n) is 7.58. The number of hydrogen-bond donors (Lipinski definition) is 1. The highest BCUT2D eigenvalue weighted by molar-refractivity contribution is 5.94. The van der Waals surface area contributed by atoms with Crippen molar-refractivity contribution >= 4 is 16.7 Å². The molecule has 30 heavy (non-hydrogen) atoms. The lowest BCUT2D eigenvalue weighted by Crippen LogP contribution is -2.03. The molecular formula is C22H27N7O. The predicted molar refractivity (Wildman–Crippen MR) is 118 cm³/mol. The molecule has 156 valence electrons. The number of nitrogens with one attached hydrogen (secondary N) is 1. The molecule has 0 aromatic carbocycles. The average molecular weight is 406 g/mol. The number of aryl methyl sites for hydroxylation is 2. The van der Waals surface area contributed by atoms with E-state index in [1.807, 2.05) is 50.2 Å². The molecule has 0 amide bonds. The summed E-state index contributed by atoms with van der Waals surface area (Å²) in [5, 5.41) is 13.6. The first kappa shape index (κ1) is 19.9. The Morgan fingerprint density at radius 1 is 1.23 bits per heavy atom. The molecule has 0 saturated heterocycles. The van der Waals surface area contributed by atoms with Gasteiger partial charge >= 0.3 is 0 Å². The molecule has 0 bridgehead atoms. The maximum atomic E-state index is 5.74. The standard InChI is InChI=1S/C22H27N7O/c1-6-30-22-16(8-7-9-23-22)17-10-18(24-11-15-12-25-28(4)13-15)19-20(14(2)3)27-29(5)21(19)26-17/h7-10,12-14H,6,11H2,1-5H3,(H,24,26). The minimum absolute atomic E-state index is 0.276. The van der Waals surface area contributed by atoms with Crippen molar-refractivity contribution in [1.82, 2.24) is 29.5 Å². The minimum atomic E-state index is 0.276. The number of fused-ring (bicyclic) bond motifs is 1. The largest absolute Gasteiger partial charge is 0.477 e. The highest BCUT2D eigenvalue weighted by atomic mass is 16.5. The summed E-state index contributed by atoms with van der Waals surface area (Å²) in [6.45, 7) is 7.45. The van der Waals surface area contributed by atoms with E-state index < -0.39 is 0 Å². The molecule has 4 rings (SSSR count). The first-order chi connectivity index (χ1) is 14.5. The lowest BCUT2D eigenvalue weighted by molar-refractivity contribution is 0.328. The van der Waals surface area contributed by atoms with Crippen LogP contribution in [0.25, 0.3) is 22.3 Å². The fourth-order valence-electron chi connectivity index (χ4n) is 3.56. The summed E-state index contributed by atoms with van der Waals surface area (Å²) in [7, 11) is 3.85. The van der Waals surface area contributed by atoms with E-state index in [2.05, 4.69) is 35.3 Å². The monoisotopic (exact) mass is 405 g/mol. The van der Waals surface area contributed by atoms with E-state index in [0.29, 0.717) is 19.0 Å². The second kappa shape index (κ2) is 8.14. The van der Waals surface area contributed by atoms with Gasteiger partial charge in [0.1, 0.15) is 0 Å². The van der Waals surface area contributed by atoms with Gasteiger partial charge in [-0.2, -0.15) is 10.2 Å². The molecule has 0 aliphatic carbocycles. The molecule has 4 heterocycles. The topological polar surface area (TPSA) is 82.7 Å². The highest BCUT2D eigenvalue weighted by Gasteiger charge is 2.20. The first-order valence-corrected chi connectivity index (χ1v) is 10.1. The molecule has 0 unspecified atom stereocenters. The van der Waals surface area contributed by atoms with E-state index in [4.69, 9.17) is 14.8 Å². The second-order valence-corrected chi connectivity index (χ2v) is 7.58. The fraction of sp³-hybridized carbons (Fsp3) is 0.364. The maximum Gasteiger partial charge on any atom is 0.222 e. The van der Waals surface area contributed by atoms with Crippen LogP contribution in [0.4, 0.5) is 5.69 Å². The number of anilines is 1. The molecular weight excluding hydrogens is 378 g/mol. The summed E-state index contributed by atoms with van der Waals surface area (Å²) in [6, 6.07) is 5.94. The van der Waals surface area contributed by atoms with E-state index in [9.17, 15) is 0 Å². The van der Waals surface area contributed by atoms with E-state index in [0.717, 1.165) is 39.2 Å². The van der Waals surface area contributed by atoms with E-state index in [1.54, 1.807) is 10.9 Å². The predicted octanol–water partition coefficient (Wildman–Crippen LogP) is 3.90. The van der Waals surface area contributed by atoms with Crippen molar-refractivity contribution in [3.8, 4) is 17.1 Å². The Kier molecular flexibility index (Phi) is 5.39. The SMILES string of the molecule is CCOc1ncccc1-c1cc(NCc2cnn(C)c2)c2c(C(C)C)nn(C)c2n1. The summed E-state index contributed by atoms with van der Waals surface area (Å²) in [5.41, 5.74) is 5.61. The Bertz CT molecular complexity index is 1180. The van der Waals surface area contributed by atoms with Crippen molar-refractivity contribution in [2.45, 2.75) is 33.2 Å². The molecule has 0 radical (unpaired) electrons. The van der Waals surface area contributed by atoms with Gasteiger partial charge in [0.2, 0.25) is 5.88 Å². The number of ether oxygens (including phenoxy) is 1. The smallest absolute Gasteiger partial charge is 0.222 e. The van der Waals surface area contributed by atoms with Crippen LogP contribution in [0.1, 0.15) is 37.9 Å². The zero-order chi connectivity index (χ0) is 21.3. The van der Waals surface area contributed by atoms with Crippen molar-refractivity contribution in [2.75, 3.05) is 11.9 Å². The van der Waals surface area contributed by atoms with Crippen molar-refractivity contribution in [3.05, 3.63) is 48.0 Å². The Balaban J connectivity index is 1.86. The van der Waals surface area contributed by atoms with Crippen molar-refractivity contribution < 1.29 is 4.74 Å². The van der Waals surface area contributed by atoms with Crippen LogP contribution in [0.5, 0.6) is 5.88 Å². The Morgan fingerprint density at radius 2 is 2.07 bits per heavy atom. The van der Waals surface area contributed by atoms with Gasteiger partial charge in [-0.1, -0.05) is 13.8 Å². The molecule has 0 saturated carbocycles. The number of rotatable bonds is 7. The van der Waals surface area contributed by atoms with Crippen LogP contribution in [0.15, 0.2) is 36.8 Å². The van der Waals surface area contributed by atoms with E-state index in [-0.39, 0.29) is 5.92 Å². The Morgan fingerprint density at radius 3 is 2.77 bits per heavy atom. The van der Waals surface area contributed by atoms with Crippen LogP contribution in [0.3, 0.4) is 0 Å². The Hall–Kier alpha value is -3.42. The number of hydrogen-bond acceptors (Lipinski definition) is 6. The zero-order valence-electron chi connectivity index (χ0n) is 18.0. The molecule has 4 aromatic rings. The highest BCUT2D eigenvalue weighted by Crippen LogP contribution is 2.35. The van der Waals surface area contributed by atoms with E-state index in [1.165, 1.54) is 0 Å². The molecule has 0 aliphatic heterocycles. The van der Waals surface area contributed by atoms with Crippen molar-refractivity contribution in [1.29, 1.82) is 0 Å². The molecule has 8 heteroatoms. The summed E-state index contributed by atoms with van der Waals surface area (Å²) in [6.07, 6.45) is 5.61. The van der Waals surface area contributed by atoms with Crippen molar-refractivity contribution in [3.63, 3.8) is 0 Å². The minimum Gasteiger partial charge on any atom is -0.477 e.